The topological polar surface area (TPSA) is 57.8 Å². The molecule has 1 fully saturated rings. The molecule has 1 aromatic carbocycles. The molecule has 0 spiro atoms. The molecule has 0 aliphatic carbocycles. The summed E-state index contributed by atoms with van der Waals surface area (Å²) in [4.78, 5) is 19.0. The summed E-state index contributed by atoms with van der Waals surface area (Å²) >= 11 is 0. The van der Waals surface area contributed by atoms with Crippen molar-refractivity contribution < 1.29 is 5.11 Å². The molecule has 4 rings (SSSR count). The Morgan fingerprint density at radius 2 is 1.76 bits per heavy atom. The highest BCUT2D eigenvalue weighted by atomic mass is 16.3. The molecule has 3 heterocycles. The minimum atomic E-state index is -0.432. The first-order chi connectivity index (χ1) is 12.2. The SMILES string of the molecule is O=c1cc(N2CCC([C@@H](O)c3ccccc3)CC2)nc2ccccn12. The lowest BCUT2D eigenvalue weighted by Gasteiger charge is -2.35. The maximum atomic E-state index is 12.3. The number of rotatable bonds is 3. The summed E-state index contributed by atoms with van der Waals surface area (Å²) in [6.07, 6.45) is 3.06. The number of hydrogen-bond donors (Lipinski definition) is 1. The Bertz CT molecular complexity index is 915. The summed E-state index contributed by atoms with van der Waals surface area (Å²) in [5, 5.41) is 10.6. The lowest BCUT2D eigenvalue weighted by molar-refractivity contribution is 0.0929. The van der Waals surface area contributed by atoms with Gasteiger partial charge in [-0.25, -0.2) is 4.98 Å². The average Bonchev–Trinajstić information content (AvgIpc) is 2.68. The number of piperidine rings is 1. The smallest absolute Gasteiger partial charge is 0.259 e. The van der Waals surface area contributed by atoms with E-state index in [0.29, 0.717) is 5.65 Å². The molecule has 0 radical (unpaired) electrons. The van der Waals surface area contributed by atoms with Crippen LogP contribution >= 0.6 is 0 Å². The molecule has 1 N–H and O–H groups in total. The van der Waals surface area contributed by atoms with Crippen molar-refractivity contribution in [3.63, 3.8) is 0 Å². The molecule has 1 aliphatic rings. The normalized spacial score (nSPS) is 16.9. The molecule has 0 saturated carbocycles. The Balaban J connectivity index is 1.50. The van der Waals surface area contributed by atoms with Gasteiger partial charge in [-0.15, -0.1) is 0 Å². The Morgan fingerprint density at radius 3 is 2.52 bits per heavy atom. The first kappa shape index (κ1) is 15.8. The Labute approximate surface area is 146 Å². The van der Waals surface area contributed by atoms with Gasteiger partial charge in [-0.3, -0.25) is 9.20 Å². The van der Waals surface area contributed by atoms with Gasteiger partial charge in [-0.1, -0.05) is 36.4 Å². The third-order valence-corrected chi connectivity index (χ3v) is 5.01. The highest BCUT2D eigenvalue weighted by molar-refractivity contribution is 5.48. The molecular weight excluding hydrogens is 314 g/mol. The van der Waals surface area contributed by atoms with Gasteiger partial charge in [0.2, 0.25) is 0 Å². The Hall–Kier alpha value is -2.66. The minimum Gasteiger partial charge on any atom is -0.388 e. The van der Waals surface area contributed by atoms with Crippen LogP contribution in [-0.4, -0.2) is 27.6 Å². The molecule has 1 saturated heterocycles. The number of aromatic nitrogens is 2. The van der Waals surface area contributed by atoms with E-state index < -0.39 is 6.10 Å². The molecule has 3 aromatic rings. The van der Waals surface area contributed by atoms with E-state index in [4.69, 9.17) is 0 Å². The van der Waals surface area contributed by atoms with E-state index in [0.717, 1.165) is 37.3 Å². The van der Waals surface area contributed by atoms with Crippen LogP contribution in [0.4, 0.5) is 5.82 Å². The second kappa shape index (κ2) is 6.69. The van der Waals surface area contributed by atoms with Crippen molar-refractivity contribution in [2.45, 2.75) is 18.9 Å². The number of nitrogens with zero attached hydrogens (tertiary/aromatic N) is 3. The first-order valence-corrected chi connectivity index (χ1v) is 8.69. The maximum Gasteiger partial charge on any atom is 0.259 e. The molecule has 1 atom stereocenters. The monoisotopic (exact) mass is 335 g/mol. The lowest BCUT2D eigenvalue weighted by atomic mass is 9.87. The van der Waals surface area contributed by atoms with Crippen molar-refractivity contribution in [2.75, 3.05) is 18.0 Å². The second-order valence-electron chi connectivity index (χ2n) is 6.56. The molecule has 1 aliphatic heterocycles. The molecule has 0 unspecified atom stereocenters. The zero-order valence-corrected chi connectivity index (χ0v) is 14.0. The molecule has 0 bridgehead atoms. The number of anilines is 1. The summed E-state index contributed by atoms with van der Waals surface area (Å²) in [5.74, 6) is 0.962. The predicted molar refractivity (Wildman–Crippen MR) is 97.8 cm³/mol. The average molecular weight is 335 g/mol. The van der Waals surface area contributed by atoms with E-state index in [9.17, 15) is 9.90 Å². The van der Waals surface area contributed by atoms with Gasteiger partial charge in [0.25, 0.3) is 5.56 Å². The van der Waals surface area contributed by atoms with E-state index in [1.54, 1.807) is 16.7 Å². The van der Waals surface area contributed by atoms with Crippen LogP contribution in [0, 0.1) is 5.92 Å². The number of benzene rings is 1. The number of aliphatic hydroxyl groups excluding tert-OH is 1. The van der Waals surface area contributed by atoms with Crippen LogP contribution in [-0.2, 0) is 0 Å². The van der Waals surface area contributed by atoms with Crippen LogP contribution in [0.5, 0.6) is 0 Å². The van der Waals surface area contributed by atoms with E-state index in [-0.39, 0.29) is 11.5 Å². The minimum absolute atomic E-state index is 0.0629. The van der Waals surface area contributed by atoms with Gasteiger partial charge in [0.15, 0.2) is 0 Å². The van der Waals surface area contributed by atoms with Crippen LogP contribution in [0.2, 0.25) is 0 Å². The largest absolute Gasteiger partial charge is 0.388 e. The molecule has 5 nitrogen and oxygen atoms in total. The molecule has 2 aromatic heterocycles. The summed E-state index contributed by atoms with van der Waals surface area (Å²) in [7, 11) is 0. The van der Waals surface area contributed by atoms with Crippen LogP contribution in [0.25, 0.3) is 5.65 Å². The Kier molecular flexibility index (Phi) is 4.24. The van der Waals surface area contributed by atoms with Gasteiger partial charge >= 0.3 is 0 Å². The van der Waals surface area contributed by atoms with Crippen LogP contribution in [0.15, 0.2) is 65.6 Å². The fourth-order valence-electron chi connectivity index (χ4n) is 3.57. The van der Waals surface area contributed by atoms with Gasteiger partial charge in [-0.2, -0.15) is 0 Å². The van der Waals surface area contributed by atoms with Gasteiger partial charge in [0, 0.05) is 25.4 Å². The third kappa shape index (κ3) is 3.15. The predicted octanol–water partition coefficient (Wildman–Crippen LogP) is 2.64. The standard InChI is InChI=1S/C20H21N3O2/c24-19-14-18(21-17-8-4-5-11-23(17)19)22-12-9-16(10-13-22)20(25)15-6-2-1-3-7-15/h1-8,11,14,16,20,25H,9-10,12-13H2/t20-/m0/s1. The van der Waals surface area contributed by atoms with Gasteiger partial charge in [-0.05, 0) is 36.5 Å². The fourth-order valence-corrected chi connectivity index (χ4v) is 3.57. The van der Waals surface area contributed by atoms with Gasteiger partial charge < -0.3 is 10.0 Å². The lowest BCUT2D eigenvalue weighted by Crippen LogP contribution is -2.37. The first-order valence-electron chi connectivity index (χ1n) is 8.69. The molecule has 5 heteroatoms. The van der Waals surface area contributed by atoms with Crippen molar-refractivity contribution in [3.8, 4) is 0 Å². The second-order valence-corrected chi connectivity index (χ2v) is 6.56. The van der Waals surface area contributed by atoms with Crippen molar-refractivity contribution in [3.05, 3.63) is 76.7 Å². The summed E-state index contributed by atoms with van der Waals surface area (Å²) in [6, 6.07) is 17.0. The van der Waals surface area contributed by atoms with E-state index in [1.165, 1.54) is 0 Å². The number of aliphatic hydroxyl groups is 1. The molecule has 128 valence electrons. The summed E-state index contributed by atoms with van der Waals surface area (Å²) in [5.41, 5.74) is 1.58. The van der Waals surface area contributed by atoms with Gasteiger partial charge in [0.1, 0.15) is 11.5 Å². The molecule has 25 heavy (non-hydrogen) atoms. The molecular formula is C20H21N3O2. The third-order valence-electron chi connectivity index (χ3n) is 5.01. The van der Waals surface area contributed by atoms with Crippen LogP contribution < -0.4 is 10.5 Å². The number of fused-ring (bicyclic) bond motifs is 1. The van der Waals surface area contributed by atoms with Crippen molar-refractivity contribution >= 4 is 11.5 Å². The zero-order chi connectivity index (χ0) is 17.2. The highest BCUT2D eigenvalue weighted by Gasteiger charge is 2.27. The molecule has 0 amide bonds. The van der Waals surface area contributed by atoms with Crippen molar-refractivity contribution in [1.29, 1.82) is 0 Å². The van der Waals surface area contributed by atoms with Crippen molar-refractivity contribution in [2.24, 2.45) is 5.92 Å². The van der Waals surface area contributed by atoms with E-state index >= 15 is 0 Å². The summed E-state index contributed by atoms with van der Waals surface area (Å²) in [6.45, 7) is 1.59. The number of hydrogen-bond acceptors (Lipinski definition) is 4. The maximum absolute atomic E-state index is 12.3. The summed E-state index contributed by atoms with van der Waals surface area (Å²) < 4.78 is 1.55. The fraction of sp³-hybridized carbons (Fsp3) is 0.300. The number of pyridine rings is 1. The van der Waals surface area contributed by atoms with E-state index in [1.807, 2.05) is 48.5 Å². The quantitative estimate of drug-likeness (QED) is 0.799. The van der Waals surface area contributed by atoms with E-state index in [2.05, 4.69) is 9.88 Å². The van der Waals surface area contributed by atoms with Gasteiger partial charge in [0.05, 0.1) is 6.10 Å². The highest BCUT2D eigenvalue weighted by Crippen LogP contribution is 2.31. The van der Waals surface area contributed by atoms with Crippen molar-refractivity contribution in [1.82, 2.24) is 9.38 Å². The van der Waals surface area contributed by atoms with Crippen LogP contribution in [0.1, 0.15) is 24.5 Å². The Morgan fingerprint density at radius 1 is 1.04 bits per heavy atom. The zero-order valence-electron chi connectivity index (χ0n) is 14.0. The van der Waals surface area contributed by atoms with Crippen LogP contribution in [0.3, 0.4) is 0 Å².